The molecule has 2 fully saturated rings. The number of benzene rings is 1. The van der Waals surface area contributed by atoms with Gasteiger partial charge in [0, 0.05) is 13.1 Å². The number of thioether (sulfide) groups is 1. The first-order valence-electron chi connectivity index (χ1n) is 7.83. The van der Waals surface area contributed by atoms with Gasteiger partial charge in [-0.2, -0.15) is 0 Å². The van der Waals surface area contributed by atoms with Crippen molar-refractivity contribution in [2.45, 2.75) is 0 Å². The fourth-order valence-electron chi connectivity index (χ4n) is 2.54. The first-order valence-corrected chi connectivity index (χ1v) is 8.65. The molecule has 3 rings (SSSR count). The Hall–Kier alpha value is -2.32. The minimum absolute atomic E-state index is 0.232. The van der Waals surface area contributed by atoms with E-state index in [0.717, 1.165) is 22.2 Å². The van der Waals surface area contributed by atoms with Crippen molar-refractivity contribution < 1.29 is 23.9 Å². The first kappa shape index (κ1) is 17.5. The number of hydrogen-bond acceptors (Lipinski definition) is 6. The fourth-order valence-corrected chi connectivity index (χ4v) is 3.37. The zero-order valence-corrected chi connectivity index (χ0v) is 14.6. The van der Waals surface area contributed by atoms with Gasteiger partial charge in [-0.25, -0.2) is 0 Å². The second kappa shape index (κ2) is 7.71. The predicted octanol–water partition coefficient (Wildman–Crippen LogP) is 1.59. The van der Waals surface area contributed by atoms with Gasteiger partial charge in [0.15, 0.2) is 0 Å². The molecule has 25 heavy (non-hydrogen) atoms. The maximum absolute atomic E-state index is 12.5. The third-order valence-electron chi connectivity index (χ3n) is 3.94. The summed E-state index contributed by atoms with van der Waals surface area (Å²) in [6.45, 7) is 1.69. The van der Waals surface area contributed by atoms with Crippen LogP contribution in [0.2, 0.25) is 0 Å². The highest BCUT2D eigenvalue weighted by Gasteiger charge is 2.37. The van der Waals surface area contributed by atoms with Crippen LogP contribution in [0, 0.1) is 0 Å². The second-order valence-corrected chi connectivity index (χ2v) is 6.53. The normalized spacial score (nSPS) is 19.6. The number of nitrogens with zero attached hydrogens (tertiary/aromatic N) is 2. The molecule has 1 aromatic carbocycles. The molecule has 0 aliphatic carbocycles. The van der Waals surface area contributed by atoms with Crippen molar-refractivity contribution in [2.75, 3.05) is 40.0 Å². The monoisotopic (exact) mass is 362 g/mol. The Balaban J connectivity index is 1.68. The maximum atomic E-state index is 12.5. The first-order chi connectivity index (χ1) is 12.1. The van der Waals surface area contributed by atoms with E-state index in [1.807, 2.05) is 0 Å². The molecule has 8 heteroatoms. The molecule has 132 valence electrons. The second-order valence-electron chi connectivity index (χ2n) is 5.53. The van der Waals surface area contributed by atoms with Crippen LogP contribution in [0.25, 0.3) is 6.08 Å². The third kappa shape index (κ3) is 4.02. The van der Waals surface area contributed by atoms with E-state index in [1.165, 1.54) is 0 Å². The standard InChI is InChI=1S/C17H18N2O5S/c1-23-13-4-2-12(3-5-13)10-14-16(21)19(17(22)25-14)11-15(20)18-6-8-24-9-7-18/h2-5,10H,6-9,11H2,1H3/b14-10+. The van der Waals surface area contributed by atoms with Crippen LogP contribution in [-0.2, 0) is 14.3 Å². The molecule has 7 nitrogen and oxygen atoms in total. The van der Waals surface area contributed by atoms with Gasteiger partial charge >= 0.3 is 0 Å². The maximum Gasteiger partial charge on any atom is 0.294 e. The largest absolute Gasteiger partial charge is 0.497 e. The van der Waals surface area contributed by atoms with Crippen molar-refractivity contribution in [3.05, 3.63) is 34.7 Å². The van der Waals surface area contributed by atoms with Gasteiger partial charge in [-0.05, 0) is 35.5 Å². The van der Waals surface area contributed by atoms with Crippen LogP contribution in [0.5, 0.6) is 5.75 Å². The summed E-state index contributed by atoms with van der Waals surface area (Å²) in [5.74, 6) is 0.0325. The van der Waals surface area contributed by atoms with Crippen molar-refractivity contribution >= 4 is 34.9 Å². The Morgan fingerprint density at radius 2 is 1.92 bits per heavy atom. The third-order valence-corrected chi connectivity index (χ3v) is 4.85. The van der Waals surface area contributed by atoms with Crippen molar-refractivity contribution in [1.82, 2.24) is 9.80 Å². The number of methoxy groups -OCH3 is 1. The molecule has 2 aliphatic heterocycles. The van der Waals surface area contributed by atoms with E-state index >= 15 is 0 Å². The van der Waals surface area contributed by atoms with Gasteiger partial charge in [0.2, 0.25) is 5.91 Å². The molecule has 0 atom stereocenters. The van der Waals surface area contributed by atoms with Crippen molar-refractivity contribution in [1.29, 1.82) is 0 Å². The summed E-state index contributed by atoms with van der Waals surface area (Å²) < 4.78 is 10.3. The summed E-state index contributed by atoms with van der Waals surface area (Å²) in [5, 5.41) is -0.425. The summed E-state index contributed by atoms with van der Waals surface area (Å²) in [4.78, 5) is 39.8. The Bertz CT molecular complexity index is 710. The number of carbonyl (C=O) groups is 3. The molecule has 0 aromatic heterocycles. The lowest BCUT2D eigenvalue weighted by atomic mass is 10.2. The highest BCUT2D eigenvalue weighted by atomic mass is 32.2. The summed E-state index contributed by atoms with van der Waals surface area (Å²) in [6.07, 6.45) is 1.64. The lowest BCUT2D eigenvalue weighted by Gasteiger charge is -2.28. The van der Waals surface area contributed by atoms with Gasteiger partial charge in [-0.1, -0.05) is 12.1 Å². The molecule has 0 spiro atoms. The van der Waals surface area contributed by atoms with E-state index in [1.54, 1.807) is 42.4 Å². The Kier molecular flexibility index (Phi) is 5.40. The van der Waals surface area contributed by atoms with Crippen LogP contribution in [0.4, 0.5) is 4.79 Å². The Morgan fingerprint density at radius 3 is 2.56 bits per heavy atom. The van der Waals surface area contributed by atoms with E-state index < -0.39 is 11.1 Å². The van der Waals surface area contributed by atoms with Crippen LogP contribution in [0.3, 0.4) is 0 Å². The summed E-state index contributed by atoms with van der Waals surface area (Å²) >= 11 is 0.847. The van der Waals surface area contributed by atoms with Crippen LogP contribution >= 0.6 is 11.8 Å². The molecule has 1 aromatic rings. The van der Waals surface area contributed by atoms with Crippen molar-refractivity contribution in [3.63, 3.8) is 0 Å². The topological polar surface area (TPSA) is 76.2 Å². The molecular formula is C17H18N2O5S. The zero-order chi connectivity index (χ0) is 17.8. The summed E-state index contributed by atoms with van der Waals surface area (Å²) in [5.41, 5.74) is 0.783. The Morgan fingerprint density at radius 1 is 1.24 bits per heavy atom. The van der Waals surface area contributed by atoms with E-state index in [9.17, 15) is 14.4 Å². The average Bonchev–Trinajstić information content (AvgIpc) is 2.90. The quantitative estimate of drug-likeness (QED) is 0.757. The summed E-state index contributed by atoms with van der Waals surface area (Å²) in [7, 11) is 1.58. The molecule has 3 amide bonds. The molecule has 2 saturated heterocycles. The van der Waals surface area contributed by atoms with Crippen LogP contribution in [-0.4, -0.2) is 66.8 Å². The zero-order valence-electron chi connectivity index (χ0n) is 13.8. The molecule has 0 radical (unpaired) electrons. The van der Waals surface area contributed by atoms with E-state index in [2.05, 4.69) is 0 Å². The molecular weight excluding hydrogens is 344 g/mol. The predicted molar refractivity (Wildman–Crippen MR) is 93.1 cm³/mol. The highest BCUT2D eigenvalue weighted by molar-refractivity contribution is 8.18. The SMILES string of the molecule is COc1ccc(/C=C2/SC(=O)N(CC(=O)N3CCOCC3)C2=O)cc1. The number of imide groups is 1. The van der Waals surface area contributed by atoms with E-state index in [-0.39, 0.29) is 12.5 Å². The lowest BCUT2D eigenvalue weighted by molar-refractivity contribution is -0.139. The van der Waals surface area contributed by atoms with Gasteiger partial charge in [-0.15, -0.1) is 0 Å². The number of carbonyl (C=O) groups excluding carboxylic acids is 3. The smallest absolute Gasteiger partial charge is 0.294 e. The van der Waals surface area contributed by atoms with Crippen molar-refractivity contribution in [2.24, 2.45) is 0 Å². The number of hydrogen-bond donors (Lipinski definition) is 0. The van der Waals surface area contributed by atoms with Crippen LogP contribution in [0.1, 0.15) is 5.56 Å². The van der Waals surface area contributed by atoms with Gasteiger partial charge in [0.05, 0.1) is 25.2 Å². The summed E-state index contributed by atoms with van der Waals surface area (Å²) in [6, 6.07) is 7.15. The lowest BCUT2D eigenvalue weighted by Crippen LogP contribution is -2.46. The minimum atomic E-state index is -0.438. The Labute approximate surface area is 149 Å². The highest BCUT2D eigenvalue weighted by Crippen LogP contribution is 2.32. The van der Waals surface area contributed by atoms with Gasteiger partial charge in [0.1, 0.15) is 12.3 Å². The molecule has 0 unspecified atom stereocenters. The molecule has 0 saturated carbocycles. The van der Waals surface area contributed by atoms with Gasteiger partial charge in [0.25, 0.3) is 11.1 Å². The number of amides is 3. The number of morpholine rings is 1. The number of rotatable bonds is 4. The average molecular weight is 362 g/mol. The van der Waals surface area contributed by atoms with Crippen LogP contribution < -0.4 is 4.74 Å². The number of ether oxygens (including phenoxy) is 2. The molecule has 0 bridgehead atoms. The van der Waals surface area contributed by atoms with Crippen LogP contribution in [0.15, 0.2) is 29.2 Å². The molecule has 2 aliphatic rings. The minimum Gasteiger partial charge on any atom is -0.497 e. The molecule has 0 N–H and O–H groups in total. The fraction of sp³-hybridized carbons (Fsp3) is 0.353. The van der Waals surface area contributed by atoms with Crippen molar-refractivity contribution in [3.8, 4) is 5.75 Å². The van der Waals surface area contributed by atoms with E-state index in [4.69, 9.17) is 9.47 Å². The van der Waals surface area contributed by atoms with Gasteiger partial charge < -0.3 is 14.4 Å². The van der Waals surface area contributed by atoms with Gasteiger partial charge in [-0.3, -0.25) is 19.3 Å². The molecule has 2 heterocycles. The van der Waals surface area contributed by atoms with E-state index in [0.29, 0.717) is 37.0 Å².